The highest BCUT2D eigenvalue weighted by atomic mass is 16.5. The Labute approximate surface area is 242 Å². The SMILES string of the molecule is CC1(C)C[C@@H](c2ncc3cc(CN4CC[C@H](Oc5ccc6c(c5)CN([C@H]5CCCNC5)C6=O)C4)ccc3n2)CCO1. The number of fused-ring (bicyclic) bond motifs is 2. The molecule has 2 aromatic carbocycles. The topological polar surface area (TPSA) is 79.8 Å². The number of hydrogen-bond donors (Lipinski definition) is 1. The number of benzene rings is 2. The van der Waals surface area contributed by atoms with Gasteiger partial charge in [-0.05, 0) is 94.0 Å². The second-order valence-electron chi connectivity index (χ2n) is 12.9. The second-order valence-corrected chi connectivity index (χ2v) is 12.9. The van der Waals surface area contributed by atoms with Crippen LogP contribution in [0, 0.1) is 0 Å². The maximum absolute atomic E-state index is 13.0. The van der Waals surface area contributed by atoms with Gasteiger partial charge < -0.3 is 19.7 Å². The fourth-order valence-electron chi connectivity index (χ4n) is 7.12. The lowest BCUT2D eigenvalue weighted by atomic mass is 9.88. The third-order valence-electron chi connectivity index (χ3n) is 9.28. The Bertz CT molecular complexity index is 1440. The van der Waals surface area contributed by atoms with Crippen LogP contribution in [0.15, 0.2) is 42.6 Å². The van der Waals surface area contributed by atoms with Crippen LogP contribution < -0.4 is 10.1 Å². The third kappa shape index (κ3) is 5.70. The molecule has 4 aliphatic heterocycles. The van der Waals surface area contributed by atoms with Gasteiger partial charge in [0.25, 0.3) is 5.91 Å². The van der Waals surface area contributed by atoms with Crippen LogP contribution in [0.1, 0.15) is 79.2 Å². The summed E-state index contributed by atoms with van der Waals surface area (Å²) in [6, 6.07) is 12.9. The minimum atomic E-state index is -0.115. The average Bonchev–Trinajstić information content (AvgIpc) is 3.55. The summed E-state index contributed by atoms with van der Waals surface area (Å²) in [4.78, 5) is 27.2. The van der Waals surface area contributed by atoms with Gasteiger partial charge in [-0.15, -0.1) is 0 Å². The van der Waals surface area contributed by atoms with Gasteiger partial charge in [-0.2, -0.15) is 0 Å². The van der Waals surface area contributed by atoms with Gasteiger partial charge >= 0.3 is 0 Å². The normalized spacial score (nSPS) is 26.4. The van der Waals surface area contributed by atoms with Crippen molar-refractivity contribution in [3.05, 3.63) is 65.1 Å². The molecule has 1 aromatic heterocycles. The van der Waals surface area contributed by atoms with Crippen LogP contribution in [0.3, 0.4) is 0 Å². The molecule has 41 heavy (non-hydrogen) atoms. The minimum absolute atomic E-state index is 0.115. The minimum Gasteiger partial charge on any atom is -0.489 e. The van der Waals surface area contributed by atoms with Gasteiger partial charge in [0.1, 0.15) is 17.7 Å². The fourth-order valence-corrected chi connectivity index (χ4v) is 7.12. The number of amides is 1. The van der Waals surface area contributed by atoms with Crippen LogP contribution in [0.5, 0.6) is 5.75 Å². The molecule has 3 aromatic rings. The van der Waals surface area contributed by atoms with E-state index in [-0.39, 0.29) is 17.6 Å². The molecule has 1 N–H and O–H groups in total. The molecule has 8 heteroatoms. The van der Waals surface area contributed by atoms with E-state index >= 15 is 0 Å². The standard InChI is InChI=1S/C33H41N5O3/c1-33(2)16-23(10-13-40-33)31-35-17-24-14-22(5-8-30(24)36-31)19-37-12-9-28(21-37)41-27-6-7-29-25(15-27)20-38(32(29)39)26-4-3-11-34-18-26/h5-8,14-15,17,23,26,28,34H,3-4,9-13,16,18-21H2,1-2H3/t23-,26-,28-/m0/s1. The lowest BCUT2D eigenvalue weighted by molar-refractivity contribution is -0.0602. The molecule has 3 saturated heterocycles. The van der Waals surface area contributed by atoms with Crippen molar-refractivity contribution in [3.8, 4) is 5.75 Å². The summed E-state index contributed by atoms with van der Waals surface area (Å²) in [7, 11) is 0. The number of piperidine rings is 1. The van der Waals surface area contributed by atoms with E-state index in [4.69, 9.17) is 19.4 Å². The molecule has 0 bridgehead atoms. The lowest BCUT2D eigenvalue weighted by Gasteiger charge is -2.34. The van der Waals surface area contributed by atoms with Gasteiger partial charge in [0.2, 0.25) is 0 Å². The van der Waals surface area contributed by atoms with Crippen LogP contribution in [0.2, 0.25) is 0 Å². The van der Waals surface area contributed by atoms with Crippen molar-refractivity contribution in [1.82, 2.24) is 25.1 Å². The lowest BCUT2D eigenvalue weighted by Crippen LogP contribution is -2.46. The first kappa shape index (κ1) is 26.8. The van der Waals surface area contributed by atoms with Crippen LogP contribution in [-0.2, 0) is 17.8 Å². The molecule has 7 rings (SSSR count). The van der Waals surface area contributed by atoms with E-state index in [0.29, 0.717) is 18.5 Å². The van der Waals surface area contributed by atoms with Gasteiger partial charge in [0, 0.05) is 68.4 Å². The first-order valence-electron chi connectivity index (χ1n) is 15.3. The predicted molar refractivity (Wildman–Crippen MR) is 158 cm³/mol. The number of likely N-dealkylation sites (tertiary alicyclic amines) is 1. The average molecular weight is 556 g/mol. The van der Waals surface area contributed by atoms with Gasteiger partial charge in [-0.3, -0.25) is 9.69 Å². The molecule has 0 saturated carbocycles. The van der Waals surface area contributed by atoms with Crippen molar-refractivity contribution < 1.29 is 14.3 Å². The van der Waals surface area contributed by atoms with Crippen LogP contribution in [0.4, 0.5) is 0 Å². The van der Waals surface area contributed by atoms with Crippen LogP contribution >= 0.6 is 0 Å². The highest BCUT2D eigenvalue weighted by Gasteiger charge is 2.34. The van der Waals surface area contributed by atoms with E-state index < -0.39 is 0 Å². The summed E-state index contributed by atoms with van der Waals surface area (Å²) in [5.41, 5.74) is 4.10. The molecule has 0 radical (unpaired) electrons. The molecular weight excluding hydrogens is 514 g/mol. The van der Waals surface area contributed by atoms with E-state index in [1.54, 1.807) is 0 Å². The number of nitrogens with one attached hydrogen (secondary N) is 1. The number of nitrogens with zero attached hydrogens (tertiary/aromatic N) is 4. The van der Waals surface area contributed by atoms with Crippen molar-refractivity contribution in [3.63, 3.8) is 0 Å². The quantitative estimate of drug-likeness (QED) is 0.474. The number of carbonyl (C=O) groups is 1. The maximum atomic E-state index is 13.0. The summed E-state index contributed by atoms with van der Waals surface area (Å²) in [5, 5.41) is 4.53. The zero-order chi connectivity index (χ0) is 28.0. The van der Waals surface area contributed by atoms with Crippen molar-refractivity contribution in [1.29, 1.82) is 0 Å². The molecule has 8 nitrogen and oxygen atoms in total. The zero-order valence-electron chi connectivity index (χ0n) is 24.3. The van der Waals surface area contributed by atoms with Crippen molar-refractivity contribution >= 4 is 16.8 Å². The molecular formula is C33H41N5O3. The molecule has 0 spiro atoms. The number of carbonyl (C=O) groups excluding carboxylic acids is 1. The highest BCUT2D eigenvalue weighted by Crippen LogP contribution is 2.35. The summed E-state index contributed by atoms with van der Waals surface area (Å²) in [6.07, 6.45) is 7.27. The number of rotatable bonds is 6. The molecule has 3 atom stereocenters. The van der Waals surface area contributed by atoms with Crippen molar-refractivity contribution in [2.45, 2.75) is 82.7 Å². The third-order valence-corrected chi connectivity index (χ3v) is 9.28. The maximum Gasteiger partial charge on any atom is 0.254 e. The van der Waals surface area contributed by atoms with E-state index in [1.807, 2.05) is 23.2 Å². The van der Waals surface area contributed by atoms with Gasteiger partial charge in [-0.25, -0.2) is 9.97 Å². The molecule has 0 unspecified atom stereocenters. The Balaban J connectivity index is 0.956. The molecule has 0 aliphatic carbocycles. The van der Waals surface area contributed by atoms with Gasteiger partial charge in [0.15, 0.2) is 0 Å². The Morgan fingerprint density at radius 2 is 2.07 bits per heavy atom. The zero-order valence-corrected chi connectivity index (χ0v) is 24.3. The predicted octanol–water partition coefficient (Wildman–Crippen LogP) is 4.66. The van der Waals surface area contributed by atoms with Crippen LogP contribution in [0.25, 0.3) is 10.9 Å². The van der Waals surface area contributed by atoms with E-state index in [2.05, 4.69) is 48.3 Å². The Morgan fingerprint density at radius 3 is 2.93 bits per heavy atom. The first-order chi connectivity index (χ1) is 19.9. The number of aromatic nitrogens is 2. The van der Waals surface area contributed by atoms with Crippen molar-refractivity contribution in [2.75, 3.05) is 32.8 Å². The monoisotopic (exact) mass is 555 g/mol. The van der Waals surface area contributed by atoms with E-state index in [0.717, 1.165) is 105 Å². The summed E-state index contributed by atoms with van der Waals surface area (Å²) in [6.45, 7) is 10.5. The molecule has 216 valence electrons. The molecule has 4 aliphatic rings. The Kier molecular flexibility index (Phi) is 7.17. The molecule has 5 heterocycles. The van der Waals surface area contributed by atoms with Crippen LogP contribution in [-0.4, -0.2) is 76.2 Å². The van der Waals surface area contributed by atoms with E-state index in [1.165, 1.54) is 5.56 Å². The van der Waals surface area contributed by atoms with Gasteiger partial charge in [0.05, 0.1) is 11.1 Å². The summed E-state index contributed by atoms with van der Waals surface area (Å²) >= 11 is 0. The summed E-state index contributed by atoms with van der Waals surface area (Å²) < 4.78 is 12.3. The first-order valence-corrected chi connectivity index (χ1v) is 15.3. The van der Waals surface area contributed by atoms with Crippen molar-refractivity contribution in [2.24, 2.45) is 0 Å². The van der Waals surface area contributed by atoms with E-state index in [9.17, 15) is 4.79 Å². The largest absolute Gasteiger partial charge is 0.489 e. The molecule has 3 fully saturated rings. The second kappa shape index (κ2) is 11.0. The summed E-state index contributed by atoms with van der Waals surface area (Å²) in [5.74, 6) is 2.33. The highest BCUT2D eigenvalue weighted by molar-refractivity contribution is 5.98. The number of hydrogen-bond acceptors (Lipinski definition) is 7. The fraction of sp³-hybridized carbons (Fsp3) is 0.545. The molecule has 1 amide bonds. The number of ether oxygens (including phenoxy) is 2. The van der Waals surface area contributed by atoms with Gasteiger partial charge in [-0.1, -0.05) is 6.07 Å². The Morgan fingerprint density at radius 1 is 1.15 bits per heavy atom. The Hall–Kier alpha value is -3.07. The smallest absolute Gasteiger partial charge is 0.254 e.